The van der Waals surface area contributed by atoms with Crippen molar-refractivity contribution in [3.05, 3.63) is 0 Å². The molecule has 0 heterocycles. The van der Waals surface area contributed by atoms with Gasteiger partial charge in [-0.05, 0) is 38.0 Å². The van der Waals surface area contributed by atoms with Gasteiger partial charge in [-0.25, -0.2) is 0 Å². The van der Waals surface area contributed by atoms with Gasteiger partial charge < -0.3 is 11.1 Å². The summed E-state index contributed by atoms with van der Waals surface area (Å²) in [5.74, 6) is -1.14. The molecule has 1 atom stereocenters. The number of nitrogens with two attached hydrogens (primary N) is 1. The third kappa shape index (κ3) is 5.38. The van der Waals surface area contributed by atoms with Crippen molar-refractivity contribution >= 4 is 5.91 Å². The normalized spacial score (nSPS) is 26.3. The largest absolute Gasteiger partial charge is 0.391 e. The Labute approximate surface area is 112 Å². The van der Waals surface area contributed by atoms with Gasteiger partial charge in [-0.3, -0.25) is 4.79 Å². The van der Waals surface area contributed by atoms with Crippen molar-refractivity contribution in [1.82, 2.24) is 5.32 Å². The summed E-state index contributed by atoms with van der Waals surface area (Å²) in [6.07, 6.45) is -2.58. The molecule has 0 bridgehead atoms. The topological polar surface area (TPSA) is 55.1 Å². The average Bonchev–Trinajstić information content (AvgIpc) is 2.27. The van der Waals surface area contributed by atoms with Crippen LogP contribution in [0.2, 0.25) is 0 Å². The molecule has 6 heteroatoms. The number of hydrogen-bond donors (Lipinski definition) is 2. The number of halogens is 3. The standard InChI is InChI=1S/C13H23F3N2O/c1-8(2)7-11(17)12(19)18-10-5-3-9(4-6-10)13(14,15)16/h8-11H,3-7,17H2,1-2H3,(H,18,19). The smallest absolute Gasteiger partial charge is 0.352 e. The van der Waals surface area contributed by atoms with Crippen LogP contribution in [-0.2, 0) is 4.79 Å². The molecule has 1 unspecified atom stereocenters. The van der Waals surface area contributed by atoms with Gasteiger partial charge in [-0.2, -0.15) is 13.2 Å². The van der Waals surface area contributed by atoms with Gasteiger partial charge in [0.05, 0.1) is 12.0 Å². The third-order valence-corrected chi connectivity index (χ3v) is 3.60. The summed E-state index contributed by atoms with van der Waals surface area (Å²) >= 11 is 0. The van der Waals surface area contributed by atoms with Gasteiger partial charge in [-0.15, -0.1) is 0 Å². The molecule has 1 fully saturated rings. The van der Waals surface area contributed by atoms with Gasteiger partial charge in [-0.1, -0.05) is 13.8 Å². The zero-order valence-electron chi connectivity index (χ0n) is 11.5. The van der Waals surface area contributed by atoms with E-state index in [0.29, 0.717) is 25.2 Å². The highest BCUT2D eigenvalue weighted by Gasteiger charge is 2.41. The Morgan fingerprint density at radius 1 is 1.26 bits per heavy atom. The highest BCUT2D eigenvalue weighted by molar-refractivity contribution is 5.81. The molecule has 3 N–H and O–H groups in total. The van der Waals surface area contributed by atoms with E-state index in [2.05, 4.69) is 5.32 Å². The van der Waals surface area contributed by atoms with E-state index < -0.39 is 18.1 Å². The van der Waals surface area contributed by atoms with Crippen molar-refractivity contribution in [2.45, 2.75) is 64.2 Å². The maximum atomic E-state index is 12.5. The highest BCUT2D eigenvalue weighted by atomic mass is 19.4. The Morgan fingerprint density at radius 2 is 1.79 bits per heavy atom. The number of rotatable bonds is 4. The molecule has 0 radical (unpaired) electrons. The quantitative estimate of drug-likeness (QED) is 0.831. The third-order valence-electron chi connectivity index (χ3n) is 3.60. The molecular weight excluding hydrogens is 257 g/mol. The maximum Gasteiger partial charge on any atom is 0.391 e. The number of hydrogen-bond acceptors (Lipinski definition) is 2. The lowest BCUT2D eigenvalue weighted by molar-refractivity contribution is -0.182. The zero-order chi connectivity index (χ0) is 14.6. The minimum atomic E-state index is -4.11. The Bertz CT molecular complexity index is 297. The summed E-state index contributed by atoms with van der Waals surface area (Å²) in [5.41, 5.74) is 5.74. The van der Waals surface area contributed by atoms with Gasteiger partial charge in [0.25, 0.3) is 0 Å². The number of amides is 1. The lowest BCUT2D eigenvalue weighted by Gasteiger charge is -2.31. The van der Waals surface area contributed by atoms with E-state index in [-0.39, 0.29) is 24.8 Å². The van der Waals surface area contributed by atoms with Crippen LogP contribution in [0.3, 0.4) is 0 Å². The predicted octanol–water partition coefficient (Wildman–Crippen LogP) is 2.60. The second-order valence-electron chi connectivity index (χ2n) is 5.83. The summed E-state index contributed by atoms with van der Waals surface area (Å²) in [6.45, 7) is 3.95. The van der Waals surface area contributed by atoms with Crippen molar-refractivity contribution in [2.75, 3.05) is 0 Å². The Kier molecular flexibility index (Phi) is 5.64. The van der Waals surface area contributed by atoms with Gasteiger partial charge in [0.1, 0.15) is 0 Å². The lowest BCUT2D eigenvalue weighted by Crippen LogP contribution is -2.47. The van der Waals surface area contributed by atoms with Crippen LogP contribution < -0.4 is 11.1 Å². The molecule has 1 aliphatic carbocycles. The number of carbonyl (C=O) groups excluding carboxylic acids is 1. The van der Waals surface area contributed by atoms with Crippen molar-refractivity contribution < 1.29 is 18.0 Å². The molecule has 1 amide bonds. The summed E-state index contributed by atoms with van der Waals surface area (Å²) < 4.78 is 37.5. The van der Waals surface area contributed by atoms with E-state index >= 15 is 0 Å². The van der Waals surface area contributed by atoms with Crippen LogP contribution in [0, 0.1) is 11.8 Å². The number of nitrogens with one attached hydrogen (secondary N) is 1. The van der Waals surface area contributed by atoms with Crippen LogP contribution in [0.5, 0.6) is 0 Å². The first-order valence-corrected chi connectivity index (χ1v) is 6.82. The molecule has 3 nitrogen and oxygen atoms in total. The molecule has 19 heavy (non-hydrogen) atoms. The molecule has 1 aliphatic rings. The van der Waals surface area contributed by atoms with Crippen LogP contribution in [0.25, 0.3) is 0 Å². The van der Waals surface area contributed by atoms with Crippen LogP contribution in [-0.4, -0.2) is 24.2 Å². The summed E-state index contributed by atoms with van der Waals surface area (Å²) in [7, 11) is 0. The SMILES string of the molecule is CC(C)CC(N)C(=O)NC1CCC(C(F)(F)F)CC1. The van der Waals surface area contributed by atoms with Crippen molar-refractivity contribution in [3.8, 4) is 0 Å². The first-order valence-electron chi connectivity index (χ1n) is 6.82. The lowest BCUT2D eigenvalue weighted by atomic mass is 9.85. The van der Waals surface area contributed by atoms with Gasteiger partial charge in [0.15, 0.2) is 0 Å². The van der Waals surface area contributed by atoms with Crippen LogP contribution in [0.4, 0.5) is 13.2 Å². The van der Waals surface area contributed by atoms with Crippen LogP contribution in [0.1, 0.15) is 46.0 Å². The Balaban J connectivity index is 2.35. The molecule has 1 rings (SSSR count). The Morgan fingerprint density at radius 3 is 2.21 bits per heavy atom. The van der Waals surface area contributed by atoms with Crippen molar-refractivity contribution in [2.24, 2.45) is 17.6 Å². The highest BCUT2D eigenvalue weighted by Crippen LogP contribution is 2.37. The second kappa shape index (κ2) is 6.59. The Hall–Kier alpha value is -0.780. The first kappa shape index (κ1) is 16.3. The van der Waals surface area contributed by atoms with Gasteiger partial charge in [0, 0.05) is 6.04 Å². The fraction of sp³-hybridized carbons (Fsp3) is 0.923. The van der Waals surface area contributed by atoms with E-state index in [0.717, 1.165) is 0 Å². The fourth-order valence-electron chi connectivity index (χ4n) is 2.49. The maximum absolute atomic E-state index is 12.5. The molecule has 112 valence electrons. The molecule has 0 spiro atoms. The van der Waals surface area contributed by atoms with Gasteiger partial charge >= 0.3 is 6.18 Å². The number of alkyl halides is 3. The van der Waals surface area contributed by atoms with E-state index in [4.69, 9.17) is 5.73 Å². The minimum absolute atomic E-state index is 0.0911. The van der Waals surface area contributed by atoms with Crippen LogP contribution >= 0.6 is 0 Å². The molecule has 0 aromatic carbocycles. The predicted molar refractivity (Wildman–Crippen MR) is 67.4 cm³/mol. The monoisotopic (exact) mass is 280 g/mol. The first-order chi connectivity index (χ1) is 8.70. The summed E-state index contributed by atoms with van der Waals surface area (Å²) in [5, 5.41) is 2.76. The minimum Gasteiger partial charge on any atom is -0.352 e. The summed E-state index contributed by atoms with van der Waals surface area (Å²) in [6, 6.07) is -0.732. The zero-order valence-corrected chi connectivity index (χ0v) is 11.5. The van der Waals surface area contributed by atoms with E-state index in [1.807, 2.05) is 13.8 Å². The fourth-order valence-corrected chi connectivity index (χ4v) is 2.49. The van der Waals surface area contributed by atoms with Crippen molar-refractivity contribution in [3.63, 3.8) is 0 Å². The van der Waals surface area contributed by atoms with Crippen LogP contribution in [0.15, 0.2) is 0 Å². The second-order valence-corrected chi connectivity index (χ2v) is 5.83. The summed E-state index contributed by atoms with van der Waals surface area (Å²) in [4.78, 5) is 11.8. The van der Waals surface area contributed by atoms with Crippen molar-refractivity contribution in [1.29, 1.82) is 0 Å². The van der Waals surface area contributed by atoms with Gasteiger partial charge in [0.2, 0.25) is 5.91 Å². The molecule has 0 aromatic rings. The average molecular weight is 280 g/mol. The molecule has 0 saturated heterocycles. The molecule has 0 aliphatic heterocycles. The molecular formula is C13H23F3N2O. The number of carbonyl (C=O) groups is 1. The van der Waals surface area contributed by atoms with E-state index in [1.165, 1.54) is 0 Å². The van der Waals surface area contributed by atoms with E-state index in [1.54, 1.807) is 0 Å². The molecule has 1 saturated carbocycles. The van der Waals surface area contributed by atoms with E-state index in [9.17, 15) is 18.0 Å². The molecule has 0 aromatic heterocycles.